The van der Waals surface area contributed by atoms with E-state index >= 15 is 0 Å². The summed E-state index contributed by atoms with van der Waals surface area (Å²) in [6.07, 6.45) is 2.56. The van der Waals surface area contributed by atoms with E-state index in [0.717, 1.165) is 19.3 Å². The Kier molecular flexibility index (Phi) is 7.98. The van der Waals surface area contributed by atoms with Crippen LogP contribution in [0.2, 0.25) is 0 Å². The van der Waals surface area contributed by atoms with Gasteiger partial charge in [-0.05, 0) is 30.7 Å². The number of carbonyl (C=O) groups is 4. The fraction of sp³-hybridized carbons (Fsp3) is 0.500. The molecule has 0 spiro atoms. The molecule has 2 amide bonds. The molecule has 1 heterocycles. The van der Waals surface area contributed by atoms with E-state index in [0.29, 0.717) is 24.3 Å². The van der Waals surface area contributed by atoms with Crippen molar-refractivity contribution in [2.45, 2.75) is 38.6 Å². The second-order valence-corrected chi connectivity index (χ2v) is 6.51. The molecule has 152 valence electrons. The number of benzene rings is 1. The highest BCUT2D eigenvalue weighted by molar-refractivity contribution is 6.00. The number of nitrogens with one attached hydrogen (secondary N) is 1. The second kappa shape index (κ2) is 10.4. The average Bonchev–Trinajstić information content (AvgIpc) is 2.71. The lowest BCUT2D eigenvalue weighted by atomic mass is 10.1. The first-order valence-corrected chi connectivity index (χ1v) is 9.40. The van der Waals surface area contributed by atoms with Crippen molar-refractivity contribution in [1.29, 1.82) is 0 Å². The van der Waals surface area contributed by atoms with Gasteiger partial charge in [0.05, 0.1) is 25.7 Å². The standard InChI is InChI=1S/C20H26N2O6/c1-3-4-5-12-28-17(23)13-16-18(24)21-10-11-22(16)19(25)14-6-8-15(9-7-14)20(26)27-2/h6-9,16H,3-5,10-13H2,1-2H3,(H,21,24). The van der Waals surface area contributed by atoms with Crippen LogP contribution in [-0.4, -0.2) is 61.5 Å². The number of esters is 2. The van der Waals surface area contributed by atoms with E-state index < -0.39 is 18.0 Å². The Balaban J connectivity index is 2.05. The molecule has 1 unspecified atom stereocenters. The van der Waals surface area contributed by atoms with Crippen molar-refractivity contribution >= 4 is 23.8 Å². The van der Waals surface area contributed by atoms with E-state index in [4.69, 9.17) is 4.74 Å². The molecule has 1 saturated heterocycles. The topological polar surface area (TPSA) is 102 Å². The normalized spacial score (nSPS) is 16.3. The van der Waals surface area contributed by atoms with Gasteiger partial charge in [0.15, 0.2) is 0 Å². The summed E-state index contributed by atoms with van der Waals surface area (Å²) >= 11 is 0. The fourth-order valence-electron chi connectivity index (χ4n) is 2.95. The number of amides is 2. The summed E-state index contributed by atoms with van der Waals surface area (Å²) in [5.74, 6) is -1.76. The number of nitrogens with zero attached hydrogens (tertiary/aromatic N) is 1. The molecule has 1 aromatic rings. The number of piperazine rings is 1. The highest BCUT2D eigenvalue weighted by atomic mass is 16.5. The summed E-state index contributed by atoms with van der Waals surface area (Å²) in [4.78, 5) is 50.1. The molecule has 2 rings (SSSR count). The summed E-state index contributed by atoms with van der Waals surface area (Å²) in [6, 6.07) is 5.06. The summed E-state index contributed by atoms with van der Waals surface area (Å²) in [5.41, 5.74) is 0.645. The largest absolute Gasteiger partial charge is 0.466 e. The Labute approximate surface area is 164 Å². The average molecular weight is 390 g/mol. The van der Waals surface area contributed by atoms with Gasteiger partial charge in [0.25, 0.3) is 5.91 Å². The van der Waals surface area contributed by atoms with Gasteiger partial charge in [0, 0.05) is 18.7 Å². The Morgan fingerprint density at radius 2 is 1.82 bits per heavy atom. The zero-order chi connectivity index (χ0) is 20.5. The third kappa shape index (κ3) is 5.55. The zero-order valence-corrected chi connectivity index (χ0v) is 16.2. The molecule has 8 heteroatoms. The number of hydrogen-bond acceptors (Lipinski definition) is 6. The van der Waals surface area contributed by atoms with Crippen molar-refractivity contribution in [2.75, 3.05) is 26.8 Å². The summed E-state index contributed by atoms with van der Waals surface area (Å²) in [5, 5.41) is 2.68. The molecule has 1 aromatic carbocycles. The van der Waals surface area contributed by atoms with Crippen LogP contribution < -0.4 is 5.32 Å². The lowest BCUT2D eigenvalue weighted by Crippen LogP contribution is -2.57. The Bertz CT molecular complexity index is 716. The molecule has 1 aliphatic rings. The van der Waals surface area contributed by atoms with Crippen LogP contribution in [0.3, 0.4) is 0 Å². The van der Waals surface area contributed by atoms with Gasteiger partial charge in [0.2, 0.25) is 5.91 Å². The fourth-order valence-corrected chi connectivity index (χ4v) is 2.95. The molecule has 8 nitrogen and oxygen atoms in total. The molecule has 0 bridgehead atoms. The first kappa shape index (κ1) is 21.4. The van der Waals surface area contributed by atoms with E-state index in [1.54, 1.807) is 0 Å². The Hall–Kier alpha value is -2.90. The van der Waals surface area contributed by atoms with Crippen molar-refractivity contribution < 1.29 is 28.7 Å². The number of unbranched alkanes of at least 4 members (excludes halogenated alkanes) is 2. The van der Waals surface area contributed by atoms with Crippen molar-refractivity contribution in [3.8, 4) is 0 Å². The highest BCUT2D eigenvalue weighted by Crippen LogP contribution is 2.16. The molecule has 1 atom stereocenters. The lowest BCUT2D eigenvalue weighted by molar-refractivity contribution is -0.147. The van der Waals surface area contributed by atoms with Gasteiger partial charge in [-0.25, -0.2) is 4.79 Å². The highest BCUT2D eigenvalue weighted by Gasteiger charge is 2.35. The molecular formula is C20H26N2O6. The van der Waals surface area contributed by atoms with Crippen LogP contribution in [0.15, 0.2) is 24.3 Å². The van der Waals surface area contributed by atoms with Crippen molar-refractivity contribution in [3.63, 3.8) is 0 Å². The van der Waals surface area contributed by atoms with E-state index in [2.05, 4.69) is 17.0 Å². The molecule has 1 N–H and O–H groups in total. The number of carbonyl (C=O) groups excluding carboxylic acids is 4. The summed E-state index contributed by atoms with van der Waals surface area (Å²) in [6.45, 7) is 2.96. The third-order valence-corrected chi connectivity index (χ3v) is 4.52. The Morgan fingerprint density at radius 3 is 2.46 bits per heavy atom. The molecule has 0 radical (unpaired) electrons. The maximum absolute atomic E-state index is 12.9. The van der Waals surface area contributed by atoms with Crippen LogP contribution in [0.5, 0.6) is 0 Å². The number of ether oxygens (including phenoxy) is 2. The molecule has 1 fully saturated rings. The van der Waals surface area contributed by atoms with Crippen molar-refractivity contribution in [1.82, 2.24) is 10.2 Å². The zero-order valence-electron chi connectivity index (χ0n) is 16.2. The summed E-state index contributed by atoms with van der Waals surface area (Å²) < 4.78 is 9.81. The van der Waals surface area contributed by atoms with Gasteiger partial charge in [-0.15, -0.1) is 0 Å². The van der Waals surface area contributed by atoms with Crippen LogP contribution in [0.4, 0.5) is 0 Å². The molecule has 28 heavy (non-hydrogen) atoms. The predicted molar refractivity (Wildman–Crippen MR) is 101 cm³/mol. The SMILES string of the molecule is CCCCCOC(=O)CC1C(=O)NCCN1C(=O)c1ccc(C(=O)OC)cc1. The minimum Gasteiger partial charge on any atom is -0.466 e. The quantitative estimate of drug-likeness (QED) is 0.534. The molecule has 0 aliphatic carbocycles. The third-order valence-electron chi connectivity index (χ3n) is 4.52. The first-order chi connectivity index (χ1) is 13.5. The van der Waals surface area contributed by atoms with Crippen LogP contribution in [0, 0.1) is 0 Å². The maximum atomic E-state index is 12.9. The van der Waals surface area contributed by atoms with Crippen LogP contribution in [-0.2, 0) is 19.1 Å². The van der Waals surface area contributed by atoms with E-state index in [-0.39, 0.29) is 24.8 Å². The molecule has 0 saturated carbocycles. The van der Waals surface area contributed by atoms with Crippen LogP contribution >= 0.6 is 0 Å². The minimum atomic E-state index is -0.916. The Morgan fingerprint density at radius 1 is 1.14 bits per heavy atom. The second-order valence-electron chi connectivity index (χ2n) is 6.51. The lowest BCUT2D eigenvalue weighted by Gasteiger charge is -2.34. The molecular weight excluding hydrogens is 364 g/mol. The van der Waals surface area contributed by atoms with E-state index in [9.17, 15) is 19.2 Å². The number of hydrogen-bond donors (Lipinski definition) is 1. The van der Waals surface area contributed by atoms with Gasteiger partial charge in [-0.2, -0.15) is 0 Å². The van der Waals surface area contributed by atoms with Gasteiger partial charge in [-0.3, -0.25) is 14.4 Å². The summed E-state index contributed by atoms with van der Waals surface area (Å²) in [7, 11) is 1.28. The smallest absolute Gasteiger partial charge is 0.337 e. The van der Waals surface area contributed by atoms with E-state index in [1.807, 2.05) is 0 Å². The van der Waals surface area contributed by atoms with Gasteiger partial charge in [-0.1, -0.05) is 19.8 Å². The van der Waals surface area contributed by atoms with Crippen LogP contribution in [0.1, 0.15) is 53.3 Å². The molecule has 0 aromatic heterocycles. The van der Waals surface area contributed by atoms with Gasteiger partial charge >= 0.3 is 11.9 Å². The van der Waals surface area contributed by atoms with Gasteiger partial charge < -0.3 is 19.7 Å². The van der Waals surface area contributed by atoms with Gasteiger partial charge in [0.1, 0.15) is 6.04 Å². The van der Waals surface area contributed by atoms with Crippen molar-refractivity contribution in [3.05, 3.63) is 35.4 Å². The monoisotopic (exact) mass is 390 g/mol. The van der Waals surface area contributed by atoms with Crippen LogP contribution in [0.25, 0.3) is 0 Å². The molecule has 1 aliphatic heterocycles. The predicted octanol–water partition coefficient (Wildman–Crippen LogP) is 1.54. The number of methoxy groups -OCH3 is 1. The maximum Gasteiger partial charge on any atom is 0.337 e. The minimum absolute atomic E-state index is 0.191. The number of rotatable bonds is 8. The first-order valence-electron chi connectivity index (χ1n) is 9.40. The van der Waals surface area contributed by atoms with Crippen molar-refractivity contribution in [2.24, 2.45) is 0 Å². The van der Waals surface area contributed by atoms with E-state index in [1.165, 1.54) is 36.3 Å².